The van der Waals surface area contributed by atoms with Crippen LogP contribution >= 0.6 is 11.6 Å². The minimum absolute atomic E-state index is 0.258. The average Bonchev–Trinajstić information content (AvgIpc) is 2.53. The summed E-state index contributed by atoms with van der Waals surface area (Å²) in [6.07, 6.45) is 3.55. The van der Waals surface area contributed by atoms with Crippen LogP contribution in [-0.4, -0.2) is 34.3 Å². The topological polar surface area (TPSA) is 49.2 Å². The van der Waals surface area contributed by atoms with Crippen molar-refractivity contribution in [2.45, 2.75) is 12.5 Å². The first-order valence-electron chi connectivity index (χ1n) is 4.16. The van der Waals surface area contributed by atoms with Crippen LogP contribution in [-0.2, 0) is 0 Å². The highest BCUT2D eigenvalue weighted by Crippen LogP contribution is 2.24. The Kier molecular flexibility index (Phi) is 2.33. The van der Waals surface area contributed by atoms with Crippen molar-refractivity contribution in [1.29, 1.82) is 0 Å². The number of nitrogens with zero attached hydrogens (tertiary/aromatic N) is 3. The van der Waals surface area contributed by atoms with E-state index in [1.165, 1.54) is 6.33 Å². The van der Waals surface area contributed by atoms with E-state index in [9.17, 15) is 5.11 Å². The van der Waals surface area contributed by atoms with Gasteiger partial charge in [-0.15, -0.1) is 0 Å². The second kappa shape index (κ2) is 3.47. The molecule has 0 saturated carbocycles. The first-order valence-corrected chi connectivity index (χ1v) is 4.53. The highest BCUT2D eigenvalue weighted by atomic mass is 35.5. The second-order valence-corrected chi connectivity index (χ2v) is 3.49. The van der Waals surface area contributed by atoms with Gasteiger partial charge in [0, 0.05) is 13.1 Å². The summed E-state index contributed by atoms with van der Waals surface area (Å²) in [4.78, 5) is 9.84. The third kappa shape index (κ3) is 1.73. The Bertz CT molecular complexity index is 307. The standard InChI is InChI=1S/C8H10ClN3O/c9-7-3-10-5-11-8(7)12-2-1-6(13)4-12/h3,5-6,13H,1-2,4H2/t6-/m0/s1. The number of anilines is 1. The normalized spacial score (nSPS) is 22.3. The minimum atomic E-state index is -0.258. The Morgan fingerprint density at radius 2 is 2.46 bits per heavy atom. The summed E-state index contributed by atoms with van der Waals surface area (Å²) in [6.45, 7) is 1.41. The van der Waals surface area contributed by atoms with Gasteiger partial charge < -0.3 is 10.0 Å². The molecule has 1 N–H and O–H groups in total. The molecule has 0 spiro atoms. The van der Waals surface area contributed by atoms with Crippen molar-refractivity contribution in [3.8, 4) is 0 Å². The molecule has 4 nitrogen and oxygen atoms in total. The minimum Gasteiger partial charge on any atom is -0.391 e. The van der Waals surface area contributed by atoms with Crippen LogP contribution in [0, 0.1) is 0 Å². The maximum atomic E-state index is 9.32. The van der Waals surface area contributed by atoms with Crippen molar-refractivity contribution in [3.05, 3.63) is 17.5 Å². The van der Waals surface area contributed by atoms with E-state index in [0.29, 0.717) is 17.4 Å². The van der Waals surface area contributed by atoms with E-state index in [1.807, 2.05) is 4.90 Å². The van der Waals surface area contributed by atoms with Crippen molar-refractivity contribution in [2.75, 3.05) is 18.0 Å². The number of hydrogen-bond donors (Lipinski definition) is 1. The highest BCUT2D eigenvalue weighted by molar-refractivity contribution is 6.32. The van der Waals surface area contributed by atoms with E-state index >= 15 is 0 Å². The molecular weight excluding hydrogens is 190 g/mol. The van der Waals surface area contributed by atoms with Crippen LogP contribution in [0.3, 0.4) is 0 Å². The van der Waals surface area contributed by atoms with Gasteiger partial charge in [-0.2, -0.15) is 0 Å². The summed E-state index contributed by atoms with van der Waals surface area (Å²) in [5.74, 6) is 0.716. The van der Waals surface area contributed by atoms with Crippen LogP contribution in [0.2, 0.25) is 5.02 Å². The lowest BCUT2D eigenvalue weighted by Crippen LogP contribution is -2.22. The molecule has 1 aliphatic rings. The summed E-state index contributed by atoms with van der Waals surface area (Å²) in [5.41, 5.74) is 0. The Labute approximate surface area is 81.2 Å². The van der Waals surface area contributed by atoms with Gasteiger partial charge in [-0.25, -0.2) is 9.97 Å². The largest absolute Gasteiger partial charge is 0.391 e. The molecule has 0 aromatic carbocycles. The first-order chi connectivity index (χ1) is 6.27. The Hall–Kier alpha value is -0.870. The predicted molar refractivity (Wildman–Crippen MR) is 49.9 cm³/mol. The molecule has 0 bridgehead atoms. The quantitative estimate of drug-likeness (QED) is 0.724. The zero-order chi connectivity index (χ0) is 9.26. The zero-order valence-electron chi connectivity index (χ0n) is 7.02. The molecule has 0 unspecified atom stereocenters. The number of β-amino-alcohol motifs (C(OH)–C–C–N with tert-alkyl or cyclic N) is 1. The molecule has 0 radical (unpaired) electrons. The summed E-state index contributed by atoms with van der Waals surface area (Å²) < 4.78 is 0. The zero-order valence-corrected chi connectivity index (χ0v) is 7.78. The van der Waals surface area contributed by atoms with Crippen LogP contribution in [0.25, 0.3) is 0 Å². The second-order valence-electron chi connectivity index (χ2n) is 3.08. The molecule has 0 amide bonds. The van der Waals surface area contributed by atoms with Gasteiger partial charge in [0.2, 0.25) is 0 Å². The molecule has 1 aliphatic heterocycles. The Morgan fingerprint density at radius 1 is 1.62 bits per heavy atom. The summed E-state index contributed by atoms with van der Waals surface area (Å²) in [6, 6.07) is 0. The van der Waals surface area contributed by atoms with Gasteiger partial charge in [-0.1, -0.05) is 11.6 Å². The fourth-order valence-corrected chi connectivity index (χ4v) is 1.70. The SMILES string of the molecule is O[C@H]1CCN(c2ncncc2Cl)C1. The van der Waals surface area contributed by atoms with Crippen molar-refractivity contribution >= 4 is 17.4 Å². The lowest BCUT2D eigenvalue weighted by Gasteiger charge is -2.16. The van der Waals surface area contributed by atoms with Crippen LogP contribution in [0.4, 0.5) is 5.82 Å². The van der Waals surface area contributed by atoms with Gasteiger partial charge in [0.1, 0.15) is 11.3 Å². The van der Waals surface area contributed by atoms with Crippen LogP contribution < -0.4 is 4.90 Å². The molecule has 2 heterocycles. The van der Waals surface area contributed by atoms with Crippen molar-refractivity contribution < 1.29 is 5.11 Å². The number of rotatable bonds is 1. The fourth-order valence-electron chi connectivity index (χ4n) is 1.47. The third-order valence-electron chi connectivity index (χ3n) is 2.11. The number of aliphatic hydroxyl groups is 1. The summed E-state index contributed by atoms with van der Waals surface area (Å²) in [7, 11) is 0. The van der Waals surface area contributed by atoms with E-state index in [1.54, 1.807) is 6.20 Å². The van der Waals surface area contributed by atoms with Gasteiger partial charge in [-0.3, -0.25) is 0 Å². The van der Waals surface area contributed by atoms with Crippen LogP contribution in [0.15, 0.2) is 12.5 Å². The monoisotopic (exact) mass is 199 g/mol. The van der Waals surface area contributed by atoms with E-state index in [-0.39, 0.29) is 6.10 Å². The fraction of sp³-hybridized carbons (Fsp3) is 0.500. The van der Waals surface area contributed by atoms with Gasteiger partial charge in [0.25, 0.3) is 0 Å². The maximum absolute atomic E-state index is 9.32. The molecule has 2 rings (SSSR count). The Morgan fingerprint density at radius 3 is 3.08 bits per heavy atom. The lowest BCUT2D eigenvalue weighted by molar-refractivity contribution is 0.198. The molecule has 1 aromatic heterocycles. The lowest BCUT2D eigenvalue weighted by atomic mass is 10.3. The predicted octanol–water partition coefficient (Wildman–Crippen LogP) is 0.701. The van der Waals surface area contributed by atoms with Crippen molar-refractivity contribution in [3.63, 3.8) is 0 Å². The molecule has 5 heteroatoms. The van der Waals surface area contributed by atoms with Gasteiger partial charge in [0.05, 0.1) is 12.3 Å². The molecular formula is C8H10ClN3O. The van der Waals surface area contributed by atoms with E-state index in [4.69, 9.17) is 11.6 Å². The van der Waals surface area contributed by atoms with Gasteiger partial charge in [-0.05, 0) is 6.42 Å². The number of halogens is 1. The first kappa shape index (κ1) is 8.72. The molecule has 1 saturated heterocycles. The summed E-state index contributed by atoms with van der Waals surface area (Å²) >= 11 is 5.90. The molecule has 1 aromatic rings. The molecule has 13 heavy (non-hydrogen) atoms. The van der Waals surface area contributed by atoms with Gasteiger partial charge in [0.15, 0.2) is 5.82 Å². The van der Waals surface area contributed by atoms with Crippen molar-refractivity contribution in [2.24, 2.45) is 0 Å². The number of aromatic nitrogens is 2. The van der Waals surface area contributed by atoms with E-state index in [0.717, 1.165) is 13.0 Å². The third-order valence-corrected chi connectivity index (χ3v) is 2.38. The molecule has 1 atom stereocenters. The van der Waals surface area contributed by atoms with Crippen LogP contribution in [0.1, 0.15) is 6.42 Å². The van der Waals surface area contributed by atoms with Gasteiger partial charge >= 0.3 is 0 Å². The Balaban J connectivity index is 2.21. The number of aliphatic hydroxyl groups excluding tert-OH is 1. The highest BCUT2D eigenvalue weighted by Gasteiger charge is 2.22. The van der Waals surface area contributed by atoms with Crippen molar-refractivity contribution in [1.82, 2.24) is 9.97 Å². The summed E-state index contributed by atoms with van der Waals surface area (Å²) in [5, 5.41) is 9.86. The smallest absolute Gasteiger partial charge is 0.150 e. The molecule has 70 valence electrons. The van der Waals surface area contributed by atoms with E-state index < -0.39 is 0 Å². The van der Waals surface area contributed by atoms with E-state index in [2.05, 4.69) is 9.97 Å². The average molecular weight is 200 g/mol. The van der Waals surface area contributed by atoms with Crippen LogP contribution in [0.5, 0.6) is 0 Å². The molecule has 0 aliphatic carbocycles. The number of hydrogen-bond acceptors (Lipinski definition) is 4. The maximum Gasteiger partial charge on any atom is 0.150 e. The molecule has 1 fully saturated rings.